The van der Waals surface area contributed by atoms with E-state index >= 15 is 0 Å². The Balaban J connectivity index is 2.81. The molecule has 1 aromatic carbocycles. The third-order valence-electron chi connectivity index (χ3n) is 2.99. The molecule has 0 heterocycles. The molecule has 0 fully saturated rings. The second-order valence-electron chi connectivity index (χ2n) is 4.10. The van der Waals surface area contributed by atoms with Gasteiger partial charge in [0.15, 0.2) is 0 Å². The van der Waals surface area contributed by atoms with E-state index < -0.39 is 0 Å². The predicted octanol–water partition coefficient (Wildman–Crippen LogP) is 3.01. The van der Waals surface area contributed by atoms with Crippen LogP contribution in [0.1, 0.15) is 25.8 Å². The maximum absolute atomic E-state index is 13.5. The zero-order valence-corrected chi connectivity index (χ0v) is 11.2. The SMILES string of the molecule is CCC(C)C(Cc1cc(Br)ccc1F)NN. The molecule has 0 aromatic heterocycles. The molecule has 0 saturated heterocycles. The molecule has 0 bridgehead atoms. The highest BCUT2D eigenvalue weighted by atomic mass is 79.9. The van der Waals surface area contributed by atoms with Crippen molar-refractivity contribution in [1.29, 1.82) is 0 Å². The van der Waals surface area contributed by atoms with E-state index in [2.05, 4.69) is 35.2 Å². The van der Waals surface area contributed by atoms with Gasteiger partial charge in [-0.05, 0) is 36.1 Å². The first-order valence-corrected chi connectivity index (χ1v) is 6.27. The summed E-state index contributed by atoms with van der Waals surface area (Å²) >= 11 is 3.34. The third-order valence-corrected chi connectivity index (χ3v) is 3.49. The summed E-state index contributed by atoms with van der Waals surface area (Å²) in [4.78, 5) is 0. The number of nitrogens with two attached hydrogens (primary N) is 1. The molecule has 1 rings (SSSR count). The molecular weight excluding hydrogens is 271 g/mol. The molecule has 0 radical (unpaired) electrons. The normalized spacial score (nSPS) is 14.8. The number of hydrogen-bond acceptors (Lipinski definition) is 2. The molecule has 4 heteroatoms. The van der Waals surface area contributed by atoms with Gasteiger partial charge in [0.05, 0.1) is 0 Å². The molecule has 1 aromatic rings. The van der Waals surface area contributed by atoms with E-state index in [1.807, 2.05) is 6.07 Å². The molecule has 0 saturated carbocycles. The van der Waals surface area contributed by atoms with Crippen molar-refractivity contribution in [2.24, 2.45) is 11.8 Å². The molecule has 0 amide bonds. The van der Waals surface area contributed by atoms with E-state index in [0.29, 0.717) is 17.9 Å². The number of nitrogens with one attached hydrogen (secondary N) is 1. The Kier molecular flexibility index (Phi) is 5.38. The van der Waals surface area contributed by atoms with Crippen LogP contribution in [0.15, 0.2) is 22.7 Å². The van der Waals surface area contributed by atoms with E-state index in [4.69, 9.17) is 5.84 Å². The van der Waals surface area contributed by atoms with Crippen LogP contribution in [0, 0.1) is 11.7 Å². The maximum Gasteiger partial charge on any atom is 0.126 e. The van der Waals surface area contributed by atoms with Crippen LogP contribution in [0.3, 0.4) is 0 Å². The number of rotatable bonds is 5. The van der Waals surface area contributed by atoms with E-state index in [9.17, 15) is 4.39 Å². The molecule has 0 aliphatic heterocycles. The van der Waals surface area contributed by atoms with Gasteiger partial charge in [-0.15, -0.1) is 0 Å². The van der Waals surface area contributed by atoms with Crippen molar-refractivity contribution in [3.8, 4) is 0 Å². The Morgan fingerprint density at radius 2 is 2.19 bits per heavy atom. The smallest absolute Gasteiger partial charge is 0.126 e. The van der Waals surface area contributed by atoms with Crippen LogP contribution in [0.4, 0.5) is 4.39 Å². The van der Waals surface area contributed by atoms with Gasteiger partial charge in [-0.2, -0.15) is 0 Å². The first-order chi connectivity index (χ1) is 7.58. The molecule has 3 N–H and O–H groups in total. The summed E-state index contributed by atoms with van der Waals surface area (Å²) in [7, 11) is 0. The van der Waals surface area contributed by atoms with Crippen molar-refractivity contribution in [3.63, 3.8) is 0 Å². The molecule has 90 valence electrons. The van der Waals surface area contributed by atoms with E-state index in [0.717, 1.165) is 10.9 Å². The topological polar surface area (TPSA) is 38.0 Å². The van der Waals surface area contributed by atoms with E-state index in [1.54, 1.807) is 6.07 Å². The van der Waals surface area contributed by atoms with E-state index in [1.165, 1.54) is 6.07 Å². The average Bonchev–Trinajstić information content (AvgIpc) is 2.29. The average molecular weight is 289 g/mol. The molecule has 0 spiro atoms. The van der Waals surface area contributed by atoms with Gasteiger partial charge >= 0.3 is 0 Å². The van der Waals surface area contributed by atoms with Gasteiger partial charge in [0.1, 0.15) is 5.82 Å². The van der Waals surface area contributed by atoms with Crippen molar-refractivity contribution in [2.45, 2.75) is 32.7 Å². The van der Waals surface area contributed by atoms with Gasteiger partial charge in [0.2, 0.25) is 0 Å². The molecular formula is C12H18BrFN2. The highest BCUT2D eigenvalue weighted by Crippen LogP contribution is 2.19. The number of hydrogen-bond donors (Lipinski definition) is 2. The third kappa shape index (κ3) is 3.54. The standard InChI is InChI=1S/C12H18BrFN2/c1-3-8(2)12(16-15)7-9-6-10(13)4-5-11(9)14/h4-6,8,12,16H,3,7,15H2,1-2H3. The van der Waals surface area contributed by atoms with Gasteiger partial charge < -0.3 is 0 Å². The lowest BCUT2D eigenvalue weighted by molar-refractivity contribution is 0.366. The van der Waals surface area contributed by atoms with Gasteiger partial charge in [-0.25, -0.2) is 4.39 Å². The fourth-order valence-corrected chi connectivity index (χ4v) is 2.05. The Labute approximate surface area is 105 Å². The number of halogens is 2. The van der Waals surface area contributed by atoms with Crippen LogP contribution in [0.5, 0.6) is 0 Å². The summed E-state index contributed by atoms with van der Waals surface area (Å²) in [5.74, 6) is 5.75. The Morgan fingerprint density at radius 1 is 1.50 bits per heavy atom. The summed E-state index contributed by atoms with van der Waals surface area (Å²) in [5, 5.41) is 0. The molecule has 2 nitrogen and oxygen atoms in total. The quantitative estimate of drug-likeness (QED) is 0.646. The van der Waals surface area contributed by atoms with Crippen molar-refractivity contribution in [2.75, 3.05) is 0 Å². The van der Waals surface area contributed by atoms with Crippen LogP contribution >= 0.6 is 15.9 Å². The molecule has 0 aliphatic carbocycles. The number of benzene rings is 1. The fraction of sp³-hybridized carbons (Fsp3) is 0.500. The van der Waals surface area contributed by atoms with Crippen LogP contribution in [0.2, 0.25) is 0 Å². The maximum atomic E-state index is 13.5. The minimum absolute atomic E-state index is 0.105. The predicted molar refractivity (Wildman–Crippen MR) is 68.4 cm³/mol. The highest BCUT2D eigenvalue weighted by molar-refractivity contribution is 9.10. The van der Waals surface area contributed by atoms with Crippen molar-refractivity contribution >= 4 is 15.9 Å². The fourth-order valence-electron chi connectivity index (χ4n) is 1.65. The first-order valence-electron chi connectivity index (χ1n) is 5.48. The zero-order chi connectivity index (χ0) is 12.1. The lowest BCUT2D eigenvalue weighted by Crippen LogP contribution is -2.41. The monoisotopic (exact) mass is 288 g/mol. The highest BCUT2D eigenvalue weighted by Gasteiger charge is 2.16. The Morgan fingerprint density at radius 3 is 2.75 bits per heavy atom. The molecule has 0 aliphatic rings. The lowest BCUT2D eigenvalue weighted by Gasteiger charge is -2.22. The van der Waals surface area contributed by atoms with Gasteiger partial charge in [-0.3, -0.25) is 11.3 Å². The van der Waals surface area contributed by atoms with Crippen LogP contribution in [-0.4, -0.2) is 6.04 Å². The van der Waals surface area contributed by atoms with Crippen molar-refractivity contribution in [3.05, 3.63) is 34.1 Å². The van der Waals surface area contributed by atoms with Gasteiger partial charge in [-0.1, -0.05) is 36.2 Å². The first kappa shape index (κ1) is 13.6. The minimum atomic E-state index is -0.174. The Hall–Kier alpha value is -0.450. The summed E-state index contributed by atoms with van der Waals surface area (Å²) in [6, 6.07) is 5.09. The summed E-state index contributed by atoms with van der Waals surface area (Å²) in [5.41, 5.74) is 3.46. The zero-order valence-electron chi connectivity index (χ0n) is 9.63. The number of hydrazine groups is 1. The molecule has 16 heavy (non-hydrogen) atoms. The summed E-state index contributed by atoms with van der Waals surface area (Å²) in [6.45, 7) is 4.21. The lowest BCUT2D eigenvalue weighted by atomic mass is 9.93. The molecule has 2 unspecified atom stereocenters. The summed E-state index contributed by atoms with van der Waals surface area (Å²) < 4.78 is 14.4. The van der Waals surface area contributed by atoms with Crippen LogP contribution < -0.4 is 11.3 Å². The van der Waals surface area contributed by atoms with E-state index in [-0.39, 0.29) is 11.9 Å². The molecule has 2 atom stereocenters. The second kappa shape index (κ2) is 6.33. The van der Waals surface area contributed by atoms with Crippen LogP contribution in [-0.2, 0) is 6.42 Å². The largest absolute Gasteiger partial charge is 0.271 e. The Bertz CT molecular complexity index is 344. The van der Waals surface area contributed by atoms with Crippen molar-refractivity contribution in [1.82, 2.24) is 5.43 Å². The van der Waals surface area contributed by atoms with Crippen LogP contribution in [0.25, 0.3) is 0 Å². The van der Waals surface area contributed by atoms with Gasteiger partial charge in [0, 0.05) is 10.5 Å². The van der Waals surface area contributed by atoms with Gasteiger partial charge in [0.25, 0.3) is 0 Å². The van der Waals surface area contributed by atoms with Crippen molar-refractivity contribution < 1.29 is 4.39 Å². The summed E-state index contributed by atoms with van der Waals surface area (Å²) in [6.07, 6.45) is 1.63. The minimum Gasteiger partial charge on any atom is -0.271 e. The second-order valence-corrected chi connectivity index (χ2v) is 5.01.